The van der Waals surface area contributed by atoms with Gasteiger partial charge in [-0.3, -0.25) is 0 Å². The van der Waals surface area contributed by atoms with Crippen LogP contribution in [0.3, 0.4) is 0 Å². The Morgan fingerprint density at radius 3 is 2.48 bits per heavy atom. The molecule has 4 rings (SSSR count). The van der Waals surface area contributed by atoms with Gasteiger partial charge in [-0.2, -0.15) is 0 Å². The third-order valence-corrected chi connectivity index (χ3v) is 5.22. The molecule has 0 unspecified atom stereocenters. The summed E-state index contributed by atoms with van der Waals surface area (Å²) >= 11 is 0. The summed E-state index contributed by atoms with van der Waals surface area (Å²) in [6.07, 6.45) is 0.884. The average molecular weight is 538 g/mol. The molecule has 2 aliphatic heterocycles. The lowest BCUT2D eigenvalue weighted by Crippen LogP contribution is -2.38. The van der Waals surface area contributed by atoms with Crippen LogP contribution in [-0.4, -0.2) is 52.1 Å². The molecular weight excluding hydrogens is 507 g/mol. The summed E-state index contributed by atoms with van der Waals surface area (Å²) in [5.74, 6) is 2.48. The highest BCUT2D eigenvalue weighted by molar-refractivity contribution is 14.0. The molecule has 0 aliphatic carbocycles. The Bertz CT molecular complexity index is 854. The molecule has 2 aliphatic rings. The van der Waals surface area contributed by atoms with Gasteiger partial charge in [-0.25, -0.2) is 4.99 Å². The normalized spacial score (nSPS) is 15.4. The molecule has 168 valence electrons. The number of halogens is 1. The van der Waals surface area contributed by atoms with Crippen LogP contribution >= 0.6 is 24.0 Å². The average Bonchev–Trinajstić information content (AvgIpc) is 3.26. The van der Waals surface area contributed by atoms with E-state index in [1.807, 2.05) is 12.1 Å². The predicted molar refractivity (Wildman–Crippen MR) is 134 cm³/mol. The second-order valence-electron chi connectivity index (χ2n) is 7.33. The Morgan fingerprint density at radius 1 is 0.968 bits per heavy atom. The van der Waals surface area contributed by atoms with Crippen LogP contribution in [0.2, 0.25) is 0 Å². The van der Waals surface area contributed by atoms with Gasteiger partial charge in [-0.05, 0) is 48.7 Å². The highest BCUT2D eigenvalue weighted by atomic mass is 127. The molecular formula is C23H31IN4O3. The number of nitrogens with one attached hydrogen (secondary N) is 2. The van der Waals surface area contributed by atoms with Gasteiger partial charge in [-0.1, -0.05) is 18.2 Å². The Hall–Kier alpha value is -2.20. The van der Waals surface area contributed by atoms with Crippen LogP contribution in [0.15, 0.2) is 47.5 Å². The number of hydrogen-bond donors (Lipinski definition) is 2. The number of guanidine groups is 1. The van der Waals surface area contributed by atoms with E-state index in [0.717, 1.165) is 63.3 Å². The van der Waals surface area contributed by atoms with Crippen molar-refractivity contribution in [3.8, 4) is 11.5 Å². The molecule has 8 heteroatoms. The minimum absolute atomic E-state index is 0. The minimum Gasteiger partial charge on any atom is -0.454 e. The van der Waals surface area contributed by atoms with Crippen LogP contribution in [0.5, 0.6) is 11.5 Å². The van der Waals surface area contributed by atoms with Crippen LogP contribution in [-0.2, 0) is 17.7 Å². The molecule has 0 aromatic heterocycles. The quantitative estimate of drug-likeness (QED) is 0.321. The molecule has 31 heavy (non-hydrogen) atoms. The van der Waals surface area contributed by atoms with Crippen molar-refractivity contribution in [3.63, 3.8) is 0 Å². The molecule has 7 nitrogen and oxygen atoms in total. The lowest BCUT2D eigenvalue weighted by molar-refractivity contribution is 0.122. The lowest BCUT2D eigenvalue weighted by Gasteiger charge is -2.28. The van der Waals surface area contributed by atoms with Crippen LogP contribution in [0, 0.1) is 0 Å². The first-order valence-electron chi connectivity index (χ1n) is 10.6. The highest BCUT2D eigenvalue weighted by Crippen LogP contribution is 2.32. The number of benzene rings is 2. The Kier molecular flexibility index (Phi) is 9.08. The predicted octanol–water partition coefficient (Wildman–Crippen LogP) is 3.17. The monoisotopic (exact) mass is 538 g/mol. The smallest absolute Gasteiger partial charge is 0.231 e. The SMILES string of the molecule is CCNC(=NCc1ccc(N2CCOCC2)cc1)NCCc1ccc2c(c1)OCO2.I. The van der Waals surface area contributed by atoms with E-state index >= 15 is 0 Å². The van der Waals surface area contributed by atoms with Crippen LogP contribution in [0.25, 0.3) is 0 Å². The molecule has 2 heterocycles. The van der Waals surface area contributed by atoms with Gasteiger partial charge >= 0.3 is 0 Å². The lowest BCUT2D eigenvalue weighted by atomic mass is 10.1. The van der Waals surface area contributed by atoms with Gasteiger partial charge < -0.3 is 29.7 Å². The second-order valence-corrected chi connectivity index (χ2v) is 7.33. The molecule has 0 amide bonds. The largest absolute Gasteiger partial charge is 0.454 e. The molecule has 0 bridgehead atoms. The zero-order chi connectivity index (χ0) is 20.6. The van der Waals surface area contributed by atoms with Crippen molar-refractivity contribution < 1.29 is 14.2 Å². The zero-order valence-corrected chi connectivity index (χ0v) is 20.3. The van der Waals surface area contributed by atoms with Crippen molar-refractivity contribution in [2.75, 3.05) is 51.1 Å². The van der Waals surface area contributed by atoms with E-state index in [-0.39, 0.29) is 24.0 Å². The molecule has 2 aromatic rings. The Morgan fingerprint density at radius 2 is 1.71 bits per heavy atom. The molecule has 1 fully saturated rings. The second kappa shape index (κ2) is 12.0. The standard InChI is InChI=1S/C23H30N4O3.HI/c1-2-24-23(25-10-9-18-5-8-21-22(15-18)30-17-29-21)26-16-19-3-6-20(7-4-19)27-11-13-28-14-12-27;/h3-8,15H,2,9-14,16-17H2,1H3,(H2,24,25,26);1H. The minimum atomic E-state index is 0. The summed E-state index contributed by atoms with van der Waals surface area (Å²) < 4.78 is 16.2. The van der Waals surface area contributed by atoms with E-state index in [4.69, 9.17) is 19.2 Å². The Balaban J connectivity index is 0.00000272. The number of rotatable bonds is 7. The summed E-state index contributed by atoms with van der Waals surface area (Å²) in [4.78, 5) is 7.09. The van der Waals surface area contributed by atoms with Crippen LogP contribution < -0.4 is 25.0 Å². The third-order valence-electron chi connectivity index (χ3n) is 5.22. The van der Waals surface area contributed by atoms with E-state index < -0.39 is 0 Å². The molecule has 2 aromatic carbocycles. The highest BCUT2D eigenvalue weighted by Gasteiger charge is 2.13. The van der Waals surface area contributed by atoms with Gasteiger partial charge in [0.05, 0.1) is 19.8 Å². The first-order valence-corrected chi connectivity index (χ1v) is 10.6. The molecule has 1 saturated heterocycles. The number of aliphatic imine (C=N–C) groups is 1. The van der Waals surface area contributed by atoms with Crippen molar-refractivity contribution in [3.05, 3.63) is 53.6 Å². The maximum atomic E-state index is 5.45. The Labute approximate surface area is 201 Å². The first-order chi connectivity index (χ1) is 14.8. The number of hydrogen-bond acceptors (Lipinski definition) is 5. The third kappa shape index (κ3) is 6.64. The van der Waals surface area contributed by atoms with Crippen molar-refractivity contribution >= 4 is 35.6 Å². The van der Waals surface area contributed by atoms with Gasteiger partial charge in [0.15, 0.2) is 17.5 Å². The van der Waals surface area contributed by atoms with E-state index in [9.17, 15) is 0 Å². The zero-order valence-electron chi connectivity index (χ0n) is 17.9. The summed E-state index contributed by atoms with van der Waals surface area (Å²) in [6, 6.07) is 14.8. The fraction of sp³-hybridized carbons (Fsp3) is 0.435. The van der Waals surface area contributed by atoms with Crippen molar-refractivity contribution in [1.29, 1.82) is 0 Å². The topological polar surface area (TPSA) is 67.4 Å². The summed E-state index contributed by atoms with van der Waals surface area (Å²) in [5, 5.41) is 6.73. The van der Waals surface area contributed by atoms with Gasteiger partial charge in [0.25, 0.3) is 0 Å². The number of nitrogens with zero attached hydrogens (tertiary/aromatic N) is 2. The first kappa shape index (κ1) is 23.5. The fourth-order valence-electron chi connectivity index (χ4n) is 3.57. The molecule has 2 N–H and O–H groups in total. The number of morpholine rings is 1. The summed E-state index contributed by atoms with van der Waals surface area (Å²) in [6.45, 7) is 8.15. The summed E-state index contributed by atoms with van der Waals surface area (Å²) in [7, 11) is 0. The van der Waals surface area contributed by atoms with E-state index in [1.165, 1.54) is 16.8 Å². The van der Waals surface area contributed by atoms with Gasteiger partial charge in [0.2, 0.25) is 6.79 Å². The molecule has 0 saturated carbocycles. The molecule has 0 atom stereocenters. The molecule has 0 radical (unpaired) electrons. The van der Waals surface area contributed by atoms with Crippen molar-refractivity contribution in [2.24, 2.45) is 4.99 Å². The molecule has 0 spiro atoms. The van der Waals surface area contributed by atoms with Crippen molar-refractivity contribution in [2.45, 2.75) is 19.9 Å². The van der Waals surface area contributed by atoms with Gasteiger partial charge in [0, 0.05) is 31.9 Å². The van der Waals surface area contributed by atoms with Crippen LogP contribution in [0.4, 0.5) is 5.69 Å². The van der Waals surface area contributed by atoms with Crippen molar-refractivity contribution in [1.82, 2.24) is 10.6 Å². The van der Waals surface area contributed by atoms with Crippen LogP contribution in [0.1, 0.15) is 18.1 Å². The maximum Gasteiger partial charge on any atom is 0.231 e. The summed E-state index contributed by atoms with van der Waals surface area (Å²) in [5.41, 5.74) is 3.65. The van der Waals surface area contributed by atoms with Gasteiger partial charge in [-0.15, -0.1) is 24.0 Å². The van der Waals surface area contributed by atoms with E-state index in [1.54, 1.807) is 0 Å². The fourth-order valence-corrected chi connectivity index (χ4v) is 3.57. The van der Waals surface area contributed by atoms with E-state index in [0.29, 0.717) is 13.3 Å². The maximum absolute atomic E-state index is 5.45. The van der Waals surface area contributed by atoms with E-state index in [2.05, 4.69) is 52.8 Å². The number of ether oxygens (including phenoxy) is 3. The number of fused-ring (bicyclic) bond motifs is 1. The van der Waals surface area contributed by atoms with Gasteiger partial charge in [0.1, 0.15) is 0 Å². The number of anilines is 1.